The third-order valence-corrected chi connectivity index (χ3v) is 4.12. The van der Waals surface area contributed by atoms with Crippen molar-refractivity contribution in [3.05, 3.63) is 58.5 Å². The van der Waals surface area contributed by atoms with Crippen molar-refractivity contribution in [3.8, 4) is 11.5 Å². The van der Waals surface area contributed by atoms with Gasteiger partial charge < -0.3 is 18.9 Å². The molecule has 1 aliphatic rings. The smallest absolute Gasteiger partial charge is 0.254 e. The SMILES string of the molecule is CCCN(C[C@H]1COc2ccccc2O1)C(=O)c1ccn(C)c(=O)c1. The average molecular weight is 342 g/mol. The first kappa shape index (κ1) is 17.1. The van der Waals surface area contributed by atoms with Crippen LogP contribution < -0.4 is 15.0 Å². The fourth-order valence-corrected chi connectivity index (χ4v) is 2.81. The number of hydrogen-bond donors (Lipinski definition) is 0. The molecule has 2 aromatic rings. The Morgan fingerprint density at radius 3 is 2.76 bits per heavy atom. The Bertz CT molecular complexity index is 815. The number of pyridine rings is 1. The van der Waals surface area contributed by atoms with Gasteiger partial charge in [0, 0.05) is 31.4 Å². The maximum atomic E-state index is 12.8. The van der Waals surface area contributed by atoms with Crippen LogP contribution >= 0.6 is 0 Å². The lowest BCUT2D eigenvalue weighted by molar-refractivity contribution is 0.0462. The predicted octanol–water partition coefficient (Wildman–Crippen LogP) is 2.08. The second-order valence-electron chi connectivity index (χ2n) is 6.11. The third-order valence-electron chi connectivity index (χ3n) is 4.12. The first-order valence-electron chi connectivity index (χ1n) is 8.43. The van der Waals surface area contributed by atoms with E-state index in [2.05, 4.69) is 0 Å². The van der Waals surface area contributed by atoms with Crippen molar-refractivity contribution in [2.24, 2.45) is 7.05 Å². The van der Waals surface area contributed by atoms with E-state index in [4.69, 9.17) is 9.47 Å². The van der Waals surface area contributed by atoms with Gasteiger partial charge in [-0.25, -0.2) is 0 Å². The molecule has 0 aliphatic carbocycles. The van der Waals surface area contributed by atoms with Crippen LogP contribution in [0.4, 0.5) is 0 Å². The van der Waals surface area contributed by atoms with Gasteiger partial charge >= 0.3 is 0 Å². The van der Waals surface area contributed by atoms with E-state index in [1.54, 1.807) is 24.2 Å². The second kappa shape index (κ2) is 7.42. The van der Waals surface area contributed by atoms with Crippen molar-refractivity contribution in [2.75, 3.05) is 19.7 Å². The van der Waals surface area contributed by atoms with E-state index in [0.29, 0.717) is 31.0 Å². The molecule has 1 aromatic carbocycles. The molecule has 0 fully saturated rings. The van der Waals surface area contributed by atoms with Gasteiger partial charge in [0.25, 0.3) is 11.5 Å². The molecular formula is C19H22N2O4. The van der Waals surface area contributed by atoms with Gasteiger partial charge in [-0.05, 0) is 24.6 Å². The van der Waals surface area contributed by atoms with Crippen LogP contribution in [0.1, 0.15) is 23.7 Å². The summed E-state index contributed by atoms with van der Waals surface area (Å²) in [6.45, 7) is 3.41. The van der Waals surface area contributed by atoms with Gasteiger partial charge in [0.1, 0.15) is 6.61 Å². The van der Waals surface area contributed by atoms with Gasteiger partial charge in [0.15, 0.2) is 17.6 Å². The minimum absolute atomic E-state index is 0.165. The fourth-order valence-electron chi connectivity index (χ4n) is 2.81. The number of benzene rings is 1. The predicted molar refractivity (Wildman–Crippen MR) is 94.2 cm³/mol. The minimum Gasteiger partial charge on any atom is -0.486 e. The van der Waals surface area contributed by atoms with Gasteiger partial charge in [-0.3, -0.25) is 9.59 Å². The summed E-state index contributed by atoms with van der Waals surface area (Å²) in [5.41, 5.74) is 0.196. The summed E-state index contributed by atoms with van der Waals surface area (Å²) in [6, 6.07) is 10.5. The Morgan fingerprint density at radius 2 is 2.04 bits per heavy atom. The molecule has 0 saturated heterocycles. The number of aryl methyl sites for hydroxylation is 1. The molecule has 1 aliphatic heterocycles. The molecule has 0 N–H and O–H groups in total. The first-order valence-corrected chi connectivity index (χ1v) is 8.43. The van der Waals surface area contributed by atoms with Gasteiger partial charge in [-0.2, -0.15) is 0 Å². The molecule has 0 unspecified atom stereocenters. The van der Waals surface area contributed by atoms with Crippen LogP contribution in [0, 0.1) is 0 Å². The number of aromatic nitrogens is 1. The Morgan fingerprint density at radius 1 is 1.28 bits per heavy atom. The summed E-state index contributed by atoms with van der Waals surface area (Å²) < 4.78 is 13.1. The number of fused-ring (bicyclic) bond motifs is 1. The zero-order chi connectivity index (χ0) is 17.8. The maximum absolute atomic E-state index is 12.8. The molecule has 132 valence electrons. The molecule has 3 rings (SSSR count). The normalized spacial score (nSPS) is 15.7. The molecule has 1 aromatic heterocycles. The number of rotatable bonds is 5. The van der Waals surface area contributed by atoms with Crippen molar-refractivity contribution in [3.63, 3.8) is 0 Å². The molecular weight excluding hydrogens is 320 g/mol. The van der Waals surface area contributed by atoms with Crippen LogP contribution in [-0.2, 0) is 7.05 Å². The van der Waals surface area contributed by atoms with E-state index >= 15 is 0 Å². The minimum atomic E-state index is -0.239. The number of nitrogens with zero attached hydrogens (tertiary/aromatic N) is 2. The fraction of sp³-hybridized carbons (Fsp3) is 0.368. The number of para-hydroxylation sites is 2. The van der Waals surface area contributed by atoms with E-state index in [-0.39, 0.29) is 17.6 Å². The lowest BCUT2D eigenvalue weighted by atomic mass is 10.2. The Kier molecular flexibility index (Phi) is 5.07. The van der Waals surface area contributed by atoms with E-state index in [0.717, 1.165) is 12.2 Å². The van der Waals surface area contributed by atoms with E-state index in [1.165, 1.54) is 10.6 Å². The number of amides is 1. The highest BCUT2D eigenvalue weighted by atomic mass is 16.6. The summed E-state index contributed by atoms with van der Waals surface area (Å²) in [7, 11) is 1.66. The molecule has 0 bridgehead atoms. The van der Waals surface area contributed by atoms with E-state index < -0.39 is 0 Å². The topological polar surface area (TPSA) is 60.8 Å². The van der Waals surface area contributed by atoms with Crippen LogP contribution in [0.5, 0.6) is 11.5 Å². The molecule has 0 radical (unpaired) electrons. The van der Waals surface area contributed by atoms with Gasteiger partial charge in [0.05, 0.1) is 6.54 Å². The van der Waals surface area contributed by atoms with Crippen molar-refractivity contribution in [1.29, 1.82) is 0 Å². The summed E-state index contributed by atoms with van der Waals surface area (Å²) in [5, 5.41) is 0. The van der Waals surface area contributed by atoms with Crippen LogP contribution in [0.15, 0.2) is 47.4 Å². The molecule has 25 heavy (non-hydrogen) atoms. The van der Waals surface area contributed by atoms with Crippen LogP contribution in [0.3, 0.4) is 0 Å². The number of carbonyl (C=O) groups is 1. The van der Waals surface area contributed by atoms with Crippen LogP contribution in [-0.4, -0.2) is 41.2 Å². The van der Waals surface area contributed by atoms with Crippen molar-refractivity contribution in [1.82, 2.24) is 9.47 Å². The highest BCUT2D eigenvalue weighted by molar-refractivity contribution is 5.94. The summed E-state index contributed by atoms with van der Waals surface area (Å²) in [6.07, 6.45) is 2.19. The zero-order valence-electron chi connectivity index (χ0n) is 14.5. The molecule has 6 nitrogen and oxygen atoms in total. The van der Waals surface area contributed by atoms with Gasteiger partial charge in [0.2, 0.25) is 0 Å². The average Bonchev–Trinajstić information content (AvgIpc) is 2.63. The number of ether oxygens (including phenoxy) is 2. The Balaban J connectivity index is 1.74. The molecule has 6 heteroatoms. The maximum Gasteiger partial charge on any atom is 0.254 e. The first-order chi connectivity index (χ1) is 12.1. The molecule has 1 amide bonds. The van der Waals surface area contributed by atoms with Crippen molar-refractivity contribution in [2.45, 2.75) is 19.4 Å². The molecule has 1 atom stereocenters. The van der Waals surface area contributed by atoms with E-state index in [9.17, 15) is 9.59 Å². The van der Waals surface area contributed by atoms with Crippen molar-refractivity contribution < 1.29 is 14.3 Å². The van der Waals surface area contributed by atoms with Crippen LogP contribution in [0.2, 0.25) is 0 Å². The summed E-state index contributed by atoms with van der Waals surface area (Å²) in [4.78, 5) is 26.3. The number of carbonyl (C=O) groups excluding carboxylic acids is 1. The third kappa shape index (κ3) is 3.84. The Hall–Kier alpha value is -2.76. The quantitative estimate of drug-likeness (QED) is 0.835. The Labute approximate surface area is 146 Å². The summed E-state index contributed by atoms with van der Waals surface area (Å²) in [5.74, 6) is 1.25. The lowest BCUT2D eigenvalue weighted by Gasteiger charge is -2.31. The monoisotopic (exact) mass is 342 g/mol. The molecule has 0 saturated carbocycles. The van der Waals surface area contributed by atoms with Crippen LogP contribution in [0.25, 0.3) is 0 Å². The zero-order valence-corrected chi connectivity index (χ0v) is 14.5. The molecule has 2 heterocycles. The molecule has 0 spiro atoms. The lowest BCUT2D eigenvalue weighted by Crippen LogP contribution is -2.44. The van der Waals surface area contributed by atoms with Crippen molar-refractivity contribution >= 4 is 5.91 Å². The van der Waals surface area contributed by atoms with Gasteiger partial charge in [-0.15, -0.1) is 0 Å². The highest BCUT2D eigenvalue weighted by Crippen LogP contribution is 2.31. The highest BCUT2D eigenvalue weighted by Gasteiger charge is 2.25. The standard InChI is InChI=1S/C19H22N2O4/c1-3-9-21(19(23)14-8-10-20(2)18(22)11-14)12-15-13-24-16-6-4-5-7-17(16)25-15/h4-8,10-11,15H,3,9,12-13H2,1-2H3/t15-/m0/s1. The summed E-state index contributed by atoms with van der Waals surface area (Å²) >= 11 is 0. The second-order valence-corrected chi connectivity index (χ2v) is 6.11. The largest absolute Gasteiger partial charge is 0.486 e. The van der Waals surface area contributed by atoms with E-state index in [1.807, 2.05) is 31.2 Å². The number of hydrogen-bond acceptors (Lipinski definition) is 4. The van der Waals surface area contributed by atoms with Gasteiger partial charge in [-0.1, -0.05) is 19.1 Å².